The van der Waals surface area contributed by atoms with Crippen LogP contribution in [0.15, 0.2) is 42.5 Å². The Kier molecular flexibility index (Phi) is 3.58. The Bertz CT molecular complexity index is 732. The molecular weight excluding hydrogens is 282 g/mol. The number of likely N-dealkylation sites (tertiary alicyclic amines) is 1. The number of carboxylic acid groups (broad SMARTS) is 1. The molecule has 5 heteroatoms. The Hall–Kier alpha value is -2.40. The van der Waals surface area contributed by atoms with Crippen molar-refractivity contribution in [1.29, 1.82) is 0 Å². The predicted molar refractivity (Wildman–Crippen MR) is 81.7 cm³/mol. The van der Waals surface area contributed by atoms with Crippen molar-refractivity contribution in [3.05, 3.63) is 48.0 Å². The van der Waals surface area contributed by atoms with Crippen molar-refractivity contribution in [2.24, 2.45) is 0 Å². The summed E-state index contributed by atoms with van der Waals surface area (Å²) in [4.78, 5) is 25.1. The highest BCUT2D eigenvalue weighted by Crippen LogP contribution is 2.24. The fourth-order valence-corrected chi connectivity index (χ4v) is 2.80. The van der Waals surface area contributed by atoms with Crippen molar-refractivity contribution >= 4 is 22.6 Å². The van der Waals surface area contributed by atoms with Crippen LogP contribution in [0.4, 0.5) is 0 Å². The Morgan fingerprint density at radius 1 is 1.00 bits per heavy atom. The van der Waals surface area contributed by atoms with Gasteiger partial charge in [0.1, 0.15) is 0 Å². The summed E-state index contributed by atoms with van der Waals surface area (Å²) < 4.78 is 0. The second-order valence-electron chi connectivity index (χ2n) is 5.69. The second-order valence-corrected chi connectivity index (χ2v) is 5.69. The first-order valence-electron chi connectivity index (χ1n) is 7.23. The molecule has 3 rings (SSSR count). The van der Waals surface area contributed by atoms with Gasteiger partial charge in [0.05, 0.1) is 0 Å². The van der Waals surface area contributed by atoms with E-state index >= 15 is 0 Å². The van der Waals surface area contributed by atoms with Gasteiger partial charge in [0.15, 0.2) is 5.60 Å². The number of amides is 1. The number of aliphatic carboxylic acids is 1. The molecule has 1 aliphatic rings. The number of carboxylic acids is 1. The molecule has 0 saturated carbocycles. The van der Waals surface area contributed by atoms with Crippen LogP contribution in [0.2, 0.25) is 0 Å². The van der Waals surface area contributed by atoms with E-state index in [1.807, 2.05) is 36.4 Å². The maximum Gasteiger partial charge on any atom is 0.335 e. The van der Waals surface area contributed by atoms with Gasteiger partial charge in [0, 0.05) is 31.5 Å². The molecule has 1 aliphatic heterocycles. The summed E-state index contributed by atoms with van der Waals surface area (Å²) in [7, 11) is 0. The lowest BCUT2D eigenvalue weighted by atomic mass is 9.91. The number of aliphatic hydroxyl groups is 1. The van der Waals surface area contributed by atoms with Gasteiger partial charge >= 0.3 is 5.97 Å². The molecule has 1 amide bonds. The van der Waals surface area contributed by atoms with Crippen molar-refractivity contribution in [3.8, 4) is 0 Å². The van der Waals surface area contributed by atoms with Crippen LogP contribution in [0.3, 0.4) is 0 Å². The van der Waals surface area contributed by atoms with Crippen LogP contribution in [-0.2, 0) is 4.79 Å². The molecular formula is C17H17NO4. The summed E-state index contributed by atoms with van der Waals surface area (Å²) >= 11 is 0. The van der Waals surface area contributed by atoms with Crippen molar-refractivity contribution in [2.75, 3.05) is 13.1 Å². The number of benzene rings is 2. The van der Waals surface area contributed by atoms with E-state index in [-0.39, 0.29) is 31.8 Å². The zero-order valence-electron chi connectivity index (χ0n) is 12.0. The fraction of sp³-hybridized carbons (Fsp3) is 0.294. The number of hydrogen-bond donors (Lipinski definition) is 2. The quantitative estimate of drug-likeness (QED) is 0.887. The van der Waals surface area contributed by atoms with E-state index in [0.717, 1.165) is 10.8 Å². The fourth-order valence-electron chi connectivity index (χ4n) is 2.80. The van der Waals surface area contributed by atoms with Crippen LogP contribution in [0, 0.1) is 0 Å². The third-order valence-electron chi connectivity index (χ3n) is 4.27. The number of hydrogen-bond acceptors (Lipinski definition) is 3. The Morgan fingerprint density at radius 2 is 1.64 bits per heavy atom. The number of carbonyl (C=O) groups is 2. The molecule has 5 nitrogen and oxygen atoms in total. The van der Waals surface area contributed by atoms with E-state index in [9.17, 15) is 14.7 Å². The minimum absolute atomic E-state index is 0.0572. The van der Waals surface area contributed by atoms with Gasteiger partial charge in [-0.05, 0) is 22.9 Å². The summed E-state index contributed by atoms with van der Waals surface area (Å²) in [6.07, 6.45) is 0.114. The van der Waals surface area contributed by atoms with Gasteiger partial charge in [0.2, 0.25) is 0 Å². The summed E-state index contributed by atoms with van der Waals surface area (Å²) in [6, 6.07) is 13.3. The van der Waals surface area contributed by atoms with Gasteiger partial charge in [-0.1, -0.05) is 30.3 Å². The molecule has 2 aromatic carbocycles. The van der Waals surface area contributed by atoms with E-state index in [1.165, 1.54) is 0 Å². The van der Waals surface area contributed by atoms with Crippen LogP contribution in [0.1, 0.15) is 23.2 Å². The van der Waals surface area contributed by atoms with E-state index in [0.29, 0.717) is 5.56 Å². The summed E-state index contributed by atoms with van der Waals surface area (Å²) in [5.41, 5.74) is -1.13. The maximum absolute atomic E-state index is 12.5. The standard InChI is InChI=1S/C17H17NO4/c19-15(18-9-7-17(22,8-10-18)16(20)21)14-6-5-12-3-1-2-4-13(12)11-14/h1-6,11,22H,7-10H2,(H,20,21). The number of fused-ring (bicyclic) bond motifs is 1. The highest BCUT2D eigenvalue weighted by Gasteiger charge is 2.40. The summed E-state index contributed by atoms with van der Waals surface area (Å²) in [6.45, 7) is 0.489. The average Bonchev–Trinajstić information content (AvgIpc) is 2.54. The van der Waals surface area contributed by atoms with Crippen molar-refractivity contribution in [1.82, 2.24) is 4.90 Å². The first kappa shape index (κ1) is 14.5. The molecule has 0 aliphatic carbocycles. The Morgan fingerprint density at radius 3 is 2.27 bits per heavy atom. The van der Waals surface area contributed by atoms with E-state index in [1.54, 1.807) is 11.0 Å². The van der Waals surface area contributed by atoms with Gasteiger partial charge in [0.25, 0.3) is 5.91 Å². The first-order chi connectivity index (χ1) is 10.5. The molecule has 1 fully saturated rings. The summed E-state index contributed by atoms with van der Waals surface area (Å²) in [5.74, 6) is -1.34. The monoisotopic (exact) mass is 299 g/mol. The topological polar surface area (TPSA) is 77.8 Å². The lowest BCUT2D eigenvalue weighted by molar-refractivity contribution is -0.162. The molecule has 1 saturated heterocycles. The highest BCUT2D eigenvalue weighted by molar-refractivity contribution is 5.98. The number of rotatable bonds is 2. The van der Waals surface area contributed by atoms with E-state index < -0.39 is 11.6 Å². The molecule has 0 bridgehead atoms. The lowest BCUT2D eigenvalue weighted by Crippen LogP contribution is -2.50. The van der Waals surface area contributed by atoms with Gasteiger partial charge in [-0.15, -0.1) is 0 Å². The van der Waals surface area contributed by atoms with E-state index in [4.69, 9.17) is 5.11 Å². The lowest BCUT2D eigenvalue weighted by Gasteiger charge is -2.35. The SMILES string of the molecule is O=C(c1ccc2ccccc2c1)N1CCC(O)(C(=O)O)CC1. The van der Waals surface area contributed by atoms with Crippen LogP contribution in [0.5, 0.6) is 0 Å². The summed E-state index contributed by atoms with van der Waals surface area (Å²) in [5, 5.41) is 21.0. The molecule has 1 heterocycles. The molecule has 0 aromatic heterocycles. The predicted octanol–water partition coefficient (Wildman–Crippen LogP) is 1.89. The zero-order valence-corrected chi connectivity index (χ0v) is 12.0. The smallest absolute Gasteiger partial charge is 0.335 e. The van der Waals surface area contributed by atoms with Gasteiger partial charge in [-0.2, -0.15) is 0 Å². The van der Waals surface area contributed by atoms with E-state index in [2.05, 4.69) is 0 Å². The van der Waals surface area contributed by atoms with Gasteiger partial charge in [-0.3, -0.25) is 4.79 Å². The number of carbonyl (C=O) groups excluding carboxylic acids is 1. The molecule has 0 atom stereocenters. The number of piperidine rings is 1. The highest BCUT2D eigenvalue weighted by atomic mass is 16.4. The first-order valence-corrected chi connectivity index (χ1v) is 7.23. The average molecular weight is 299 g/mol. The third kappa shape index (κ3) is 2.55. The third-order valence-corrected chi connectivity index (χ3v) is 4.27. The molecule has 22 heavy (non-hydrogen) atoms. The van der Waals surface area contributed by atoms with Crippen molar-refractivity contribution in [3.63, 3.8) is 0 Å². The molecule has 0 radical (unpaired) electrons. The Balaban J connectivity index is 1.78. The molecule has 114 valence electrons. The normalized spacial score (nSPS) is 17.4. The molecule has 0 spiro atoms. The number of nitrogens with zero attached hydrogens (tertiary/aromatic N) is 1. The molecule has 0 unspecified atom stereocenters. The van der Waals surface area contributed by atoms with Gasteiger partial charge in [-0.25, -0.2) is 4.79 Å². The minimum atomic E-state index is -1.71. The molecule has 2 aromatic rings. The van der Waals surface area contributed by atoms with Crippen molar-refractivity contribution in [2.45, 2.75) is 18.4 Å². The van der Waals surface area contributed by atoms with Gasteiger partial charge < -0.3 is 15.1 Å². The Labute approximate surface area is 127 Å². The molecule has 2 N–H and O–H groups in total. The van der Waals surface area contributed by atoms with Crippen LogP contribution in [-0.4, -0.2) is 45.7 Å². The van der Waals surface area contributed by atoms with Crippen LogP contribution >= 0.6 is 0 Å². The zero-order chi connectivity index (χ0) is 15.7. The largest absolute Gasteiger partial charge is 0.479 e. The maximum atomic E-state index is 12.5. The minimum Gasteiger partial charge on any atom is -0.479 e. The second kappa shape index (κ2) is 5.42. The van der Waals surface area contributed by atoms with Crippen molar-refractivity contribution < 1.29 is 19.8 Å². The van der Waals surface area contributed by atoms with Crippen LogP contribution in [0.25, 0.3) is 10.8 Å². The van der Waals surface area contributed by atoms with Crippen LogP contribution < -0.4 is 0 Å².